The maximum atomic E-state index is 11.2. The summed E-state index contributed by atoms with van der Waals surface area (Å²) in [5.74, 6) is -1.12. The molecule has 0 aliphatic carbocycles. The normalized spacial score (nSPS) is 9.56. The van der Waals surface area contributed by atoms with E-state index < -0.39 is 23.2 Å². The van der Waals surface area contributed by atoms with E-state index in [0.717, 1.165) is 0 Å². The number of carbonyl (C=O) groups is 2. The van der Waals surface area contributed by atoms with E-state index in [-0.39, 0.29) is 5.56 Å². The molecule has 0 N–H and O–H groups in total. The molecule has 1 aromatic carbocycles. The highest BCUT2D eigenvalue weighted by molar-refractivity contribution is 5.98. The number of carbonyl (C=O) groups excluding carboxylic acids is 2. The highest BCUT2D eigenvalue weighted by Gasteiger charge is 2.13. The van der Waals surface area contributed by atoms with E-state index in [1.54, 1.807) is 0 Å². The van der Waals surface area contributed by atoms with Gasteiger partial charge in [0.05, 0.1) is 12.7 Å². The van der Waals surface area contributed by atoms with E-state index in [0.29, 0.717) is 5.56 Å². The maximum Gasteiger partial charge on any atom is 0.337 e. The molecule has 0 spiro atoms. The second kappa shape index (κ2) is 5.01. The van der Waals surface area contributed by atoms with E-state index in [1.165, 1.54) is 31.4 Å². The van der Waals surface area contributed by atoms with Crippen molar-refractivity contribution in [1.29, 1.82) is 0 Å². The topological polar surface area (TPSA) is 86.5 Å². The molecular weight excluding hydrogens is 214 g/mol. The molecule has 0 aromatic heterocycles. The van der Waals surface area contributed by atoms with Crippen LogP contribution in [0.3, 0.4) is 0 Å². The Hall–Kier alpha value is -2.24. The molecule has 0 heterocycles. The van der Waals surface area contributed by atoms with Crippen LogP contribution in [0.5, 0.6) is 0 Å². The number of benzene rings is 1. The summed E-state index contributed by atoms with van der Waals surface area (Å²) < 4.78 is 4.47. The predicted octanol–water partition coefficient (Wildman–Crippen LogP) is 0.933. The highest BCUT2D eigenvalue weighted by Crippen LogP contribution is 2.06. The summed E-state index contributed by atoms with van der Waals surface area (Å²) in [6.07, 6.45) is 0. The molecule has 0 saturated heterocycles. The lowest BCUT2D eigenvalue weighted by Gasteiger charge is -2.00. The molecule has 6 heteroatoms. The number of esters is 1. The van der Waals surface area contributed by atoms with Gasteiger partial charge in [-0.25, -0.2) is 4.79 Å². The second-order valence-electron chi connectivity index (χ2n) is 2.98. The smallest absolute Gasteiger partial charge is 0.337 e. The zero-order chi connectivity index (χ0) is 12.1. The van der Waals surface area contributed by atoms with Gasteiger partial charge >= 0.3 is 5.97 Å². The molecule has 1 rings (SSSR count). The molecule has 0 saturated carbocycles. The minimum atomic E-state index is -0.752. The molecule has 0 amide bonds. The fourth-order valence-electron chi connectivity index (χ4n) is 1.12. The minimum absolute atomic E-state index is 0.198. The van der Waals surface area contributed by atoms with E-state index in [9.17, 15) is 19.7 Å². The van der Waals surface area contributed by atoms with Crippen LogP contribution < -0.4 is 0 Å². The van der Waals surface area contributed by atoms with Gasteiger partial charge in [0.25, 0.3) is 6.54 Å². The second-order valence-corrected chi connectivity index (χ2v) is 2.98. The maximum absolute atomic E-state index is 11.2. The first-order valence-electron chi connectivity index (χ1n) is 4.38. The fourth-order valence-corrected chi connectivity index (χ4v) is 1.12. The summed E-state index contributed by atoms with van der Waals surface area (Å²) in [6.45, 7) is -0.752. The van der Waals surface area contributed by atoms with Gasteiger partial charge in [0.1, 0.15) is 0 Å². The molecule has 0 aliphatic rings. The zero-order valence-corrected chi connectivity index (χ0v) is 8.50. The highest BCUT2D eigenvalue weighted by atomic mass is 16.6. The first kappa shape index (κ1) is 11.8. The third-order valence-electron chi connectivity index (χ3n) is 1.90. The van der Waals surface area contributed by atoms with Crippen molar-refractivity contribution >= 4 is 11.8 Å². The average molecular weight is 223 g/mol. The van der Waals surface area contributed by atoms with Gasteiger partial charge in [-0.3, -0.25) is 14.9 Å². The molecule has 0 fully saturated rings. The lowest BCUT2D eigenvalue weighted by molar-refractivity contribution is -0.465. The summed E-state index contributed by atoms with van der Waals surface area (Å²) in [7, 11) is 1.24. The van der Waals surface area contributed by atoms with Crippen LogP contribution in [0.2, 0.25) is 0 Å². The van der Waals surface area contributed by atoms with Crippen molar-refractivity contribution in [2.24, 2.45) is 0 Å². The monoisotopic (exact) mass is 223 g/mol. The third-order valence-corrected chi connectivity index (χ3v) is 1.90. The van der Waals surface area contributed by atoms with Crippen LogP contribution >= 0.6 is 0 Å². The predicted molar refractivity (Wildman–Crippen MR) is 54.0 cm³/mol. The van der Waals surface area contributed by atoms with Crippen LogP contribution in [0, 0.1) is 10.1 Å². The first-order chi connectivity index (χ1) is 7.54. The van der Waals surface area contributed by atoms with E-state index in [2.05, 4.69) is 4.74 Å². The summed E-state index contributed by atoms with van der Waals surface area (Å²) >= 11 is 0. The number of methoxy groups -OCH3 is 1. The van der Waals surface area contributed by atoms with Gasteiger partial charge in [-0.05, 0) is 12.1 Å². The Labute approximate surface area is 91.0 Å². The van der Waals surface area contributed by atoms with Gasteiger partial charge < -0.3 is 4.74 Å². The number of ketones is 1. The minimum Gasteiger partial charge on any atom is -0.465 e. The van der Waals surface area contributed by atoms with E-state index >= 15 is 0 Å². The quantitative estimate of drug-likeness (QED) is 0.328. The van der Waals surface area contributed by atoms with Crippen molar-refractivity contribution in [2.75, 3.05) is 13.7 Å². The number of hydrogen-bond donors (Lipinski definition) is 0. The van der Waals surface area contributed by atoms with E-state index in [1.807, 2.05) is 0 Å². The van der Waals surface area contributed by atoms with Gasteiger partial charge in [0.2, 0.25) is 5.78 Å². The summed E-state index contributed by atoms with van der Waals surface area (Å²) in [5.41, 5.74) is 0.490. The van der Waals surface area contributed by atoms with Crippen molar-refractivity contribution in [3.05, 3.63) is 45.5 Å². The lowest BCUT2D eigenvalue weighted by Crippen LogP contribution is -2.13. The molecule has 0 radical (unpaired) electrons. The van der Waals surface area contributed by atoms with Gasteiger partial charge in [0.15, 0.2) is 0 Å². The van der Waals surface area contributed by atoms with Crippen molar-refractivity contribution in [2.45, 2.75) is 0 Å². The molecular formula is C10H9NO5. The Kier molecular flexibility index (Phi) is 3.71. The number of ether oxygens (including phenoxy) is 1. The molecule has 0 bridgehead atoms. The van der Waals surface area contributed by atoms with Crippen LogP contribution in [-0.4, -0.2) is 30.3 Å². The Morgan fingerprint density at radius 2 is 1.75 bits per heavy atom. The van der Waals surface area contributed by atoms with Crippen molar-refractivity contribution < 1.29 is 19.2 Å². The van der Waals surface area contributed by atoms with Crippen LogP contribution in [0.4, 0.5) is 0 Å². The van der Waals surface area contributed by atoms with Crippen LogP contribution in [0.15, 0.2) is 24.3 Å². The van der Waals surface area contributed by atoms with Crippen LogP contribution in [0.1, 0.15) is 20.7 Å². The molecule has 16 heavy (non-hydrogen) atoms. The standard InChI is InChI=1S/C10H9NO5/c1-16-10(13)8-4-2-7(3-5-8)9(12)6-11(14)15/h2-5H,6H2,1H3. The molecule has 0 unspecified atom stereocenters. The van der Waals surface area contributed by atoms with Crippen molar-refractivity contribution in [1.82, 2.24) is 0 Å². The van der Waals surface area contributed by atoms with Crippen LogP contribution in [-0.2, 0) is 4.74 Å². The Morgan fingerprint density at radius 1 is 1.25 bits per heavy atom. The summed E-state index contributed by atoms with van der Waals surface area (Å²) in [6, 6.07) is 5.49. The Morgan fingerprint density at radius 3 is 2.19 bits per heavy atom. The molecule has 6 nitrogen and oxygen atoms in total. The lowest BCUT2D eigenvalue weighted by atomic mass is 10.1. The Bertz CT molecular complexity index is 423. The number of hydrogen-bond acceptors (Lipinski definition) is 5. The summed E-state index contributed by atoms with van der Waals surface area (Å²) in [4.78, 5) is 31.7. The molecule has 1 aromatic rings. The van der Waals surface area contributed by atoms with Gasteiger partial charge in [-0.2, -0.15) is 0 Å². The summed E-state index contributed by atoms with van der Waals surface area (Å²) in [5, 5.41) is 10.1. The number of nitro groups is 1. The number of Topliss-reactive ketones (excluding diaryl/α,β-unsaturated/α-hetero) is 1. The third kappa shape index (κ3) is 2.88. The van der Waals surface area contributed by atoms with Crippen molar-refractivity contribution in [3.63, 3.8) is 0 Å². The van der Waals surface area contributed by atoms with Gasteiger partial charge in [-0.15, -0.1) is 0 Å². The van der Waals surface area contributed by atoms with Gasteiger partial charge in [-0.1, -0.05) is 12.1 Å². The number of rotatable bonds is 4. The fraction of sp³-hybridized carbons (Fsp3) is 0.200. The van der Waals surface area contributed by atoms with Gasteiger partial charge in [0, 0.05) is 10.5 Å². The molecule has 84 valence electrons. The molecule has 0 aliphatic heterocycles. The first-order valence-corrected chi connectivity index (χ1v) is 4.38. The van der Waals surface area contributed by atoms with Crippen LogP contribution in [0.25, 0.3) is 0 Å². The van der Waals surface area contributed by atoms with Crippen molar-refractivity contribution in [3.8, 4) is 0 Å². The van der Waals surface area contributed by atoms with E-state index in [4.69, 9.17) is 0 Å². The largest absolute Gasteiger partial charge is 0.465 e. The molecule has 0 atom stereocenters. The Balaban J connectivity index is 2.82. The zero-order valence-electron chi connectivity index (χ0n) is 8.50. The SMILES string of the molecule is COC(=O)c1ccc(C(=O)C[N+](=O)[O-])cc1. The average Bonchev–Trinajstić information content (AvgIpc) is 2.27. The number of nitrogens with zero attached hydrogens (tertiary/aromatic N) is 1.